The zero-order chi connectivity index (χ0) is 13.3. The lowest BCUT2D eigenvalue weighted by molar-refractivity contribution is 0.0464. The van der Waals surface area contributed by atoms with Crippen molar-refractivity contribution in [1.29, 1.82) is 0 Å². The average molecular weight is 253 g/mol. The number of nitrogens with zero attached hydrogens (tertiary/aromatic N) is 1. The SMILES string of the molecule is C[C@H](O)c1ccc(N(C)CC2CC(O)C2)c(F)c1. The number of hydrogen-bond donors (Lipinski definition) is 2. The zero-order valence-electron chi connectivity index (χ0n) is 10.8. The van der Waals surface area contributed by atoms with Crippen molar-refractivity contribution >= 4 is 5.69 Å². The molecule has 1 aromatic rings. The molecule has 0 spiro atoms. The van der Waals surface area contributed by atoms with Crippen molar-refractivity contribution in [3.8, 4) is 0 Å². The van der Waals surface area contributed by atoms with Crippen molar-refractivity contribution in [3.05, 3.63) is 29.6 Å². The quantitative estimate of drug-likeness (QED) is 0.863. The molecule has 1 aliphatic carbocycles. The predicted molar refractivity (Wildman–Crippen MR) is 69.0 cm³/mol. The summed E-state index contributed by atoms with van der Waals surface area (Å²) in [6, 6.07) is 4.83. The molecule has 4 heteroatoms. The smallest absolute Gasteiger partial charge is 0.146 e. The van der Waals surface area contributed by atoms with Crippen LogP contribution in [0.4, 0.5) is 10.1 Å². The van der Waals surface area contributed by atoms with Crippen molar-refractivity contribution in [1.82, 2.24) is 0 Å². The number of halogens is 1. The number of aliphatic hydroxyl groups excluding tert-OH is 2. The van der Waals surface area contributed by atoms with Crippen molar-refractivity contribution in [2.45, 2.75) is 32.0 Å². The van der Waals surface area contributed by atoms with E-state index in [2.05, 4.69) is 0 Å². The van der Waals surface area contributed by atoms with Crippen molar-refractivity contribution in [2.24, 2.45) is 5.92 Å². The van der Waals surface area contributed by atoms with Crippen LogP contribution in [0.15, 0.2) is 18.2 Å². The standard InChI is InChI=1S/C14H20FNO2/c1-9(17)11-3-4-14(13(15)7-11)16(2)8-10-5-12(18)6-10/h3-4,7,9-10,12,17-18H,5-6,8H2,1-2H3/t9-,10?,12?/m0/s1. The third-order valence-electron chi connectivity index (χ3n) is 3.61. The Balaban J connectivity index is 2.03. The summed E-state index contributed by atoms with van der Waals surface area (Å²) in [5, 5.41) is 18.6. The lowest BCUT2D eigenvalue weighted by Crippen LogP contribution is -2.37. The van der Waals surface area contributed by atoms with Gasteiger partial charge in [-0.05, 0) is 43.4 Å². The minimum atomic E-state index is -0.652. The van der Waals surface area contributed by atoms with Gasteiger partial charge in [0.05, 0.1) is 17.9 Å². The van der Waals surface area contributed by atoms with Gasteiger partial charge in [-0.3, -0.25) is 0 Å². The van der Waals surface area contributed by atoms with Crippen LogP contribution in [0.3, 0.4) is 0 Å². The van der Waals surface area contributed by atoms with E-state index in [1.165, 1.54) is 6.07 Å². The van der Waals surface area contributed by atoms with E-state index < -0.39 is 6.10 Å². The van der Waals surface area contributed by atoms with E-state index in [4.69, 9.17) is 0 Å². The number of aliphatic hydroxyl groups is 2. The predicted octanol–water partition coefficient (Wildman–Crippen LogP) is 2.09. The maximum absolute atomic E-state index is 13.9. The largest absolute Gasteiger partial charge is 0.393 e. The van der Waals surface area contributed by atoms with Crippen LogP contribution in [0.1, 0.15) is 31.4 Å². The first-order valence-electron chi connectivity index (χ1n) is 6.34. The summed E-state index contributed by atoms with van der Waals surface area (Å²) in [5.74, 6) is 0.136. The summed E-state index contributed by atoms with van der Waals surface area (Å²) in [5.41, 5.74) is 1.13. The van der Waals surface area contributed by atoms with E-state index in [1.807, 2.05) is 11.9 Å². The molecule has 18 heavy (non-hydrogen) atoms. The second-order valence-electron chi connectivity index (χ2n) is 5.26. The molecule has 0 aliphatic heterocycles. The molecule has 1 atom stereocenters. The highest BCUT2D eigenvalue weighted by atomic mass is 19.1. The Bertz CT molecular complexity index is 416. The van der Waals surface area contributed by atoms with Crippen LogP contribution in [0.5, 0.6) is 0 Å². The number of rotatable bonds is 4. The Morgan fingerprint density at radius 1 is 1.44 bits per heavy atom. The summed E-state index contributed by atoms with van der Waals surface area (Å²) >= 11 is 0. The lowest BCUT2D eigenvalue weighted by atomic mass is 9.82. The van der Waals surface area contributed by atoms with Gasteiger partial charge in [0.15, 0.2) is 0 Å². The van der Waals surface area contributed by atoms with Gasteiger partial charge in [0, 0.05) is 13.6 Å². The summed E-state index contributed by atoms with van der Waals surface area (Å²) in [6.07, 6.45) is 0.779. The Labute approximate surface area is 107 Å². The van der Waals surface area contributed by atoms with Crippen LogP contribution < -0.4 is 4.90 Å². The van der Waals surface area contributed by atoms with Gasteiger partial charge in [-0.25, -0.2) is 4.39 Å². The first-order chi connectivity index (χ1) is 8.47. The minimum Gasteiger partial charge on any atom is -0.393 e. The average Bonchev–Trinajstić information content (AvgIpc) is 2.26. The van der Waals surface area contributed by atoms with Crippen LogP contribution in [0.2, 0.25) is 0 Å². The van der Waals surface area contributed by atoms with Crippen LogP contribution in [0, 0.1) is 11.7 Å². The van der Waals surface area contributed by atoms with Gasteiger partial charge >= 0.3 is 0 Å². The Kier molecular flexibility index (Phi) is 3.88. The maximum Gasteiger partial charge on any atom is 0.146 e. The molecule has 2 N–H and O–H groups in total. The van der Waals surface area contributed by atoms with Gasteiger partial charge in [-0.1, -0.05) is 6.07 Å². The monoisotopic (exact) mass is 253 g/mol. The fourth-order valence-electron chi connectivity index (χ4n) is 2.43. The summed E-state index contributed by atoms with van der Waals surface area (Å²) < 4.78 is 13.9. The Morgan fingerprint density at radius 2 is 2.11 bits per heavy atom. The molecule has 0 amide bonds. The number of hydrogen-bond acceptors (Lipinski definition) is 3. The minimum absolute atomic E-state index is 0.175. The van der Waals surface area contributed by atoms with Crippen molar-refractivity contribution in [2.75, 3.05) is 18.5 Å². The molecule has 0 unspecified atom stereocenters. The van der Waals surface area contributed by atoms with E-state index in [0.717, 1.165) is 19.4 Å². The highest BCUT2D eigenvalue weighted by Gasteiger charge is 2.28. The van der Waals surface area contributed by atoms with Crippen LogP contribution >= 0.6 is 0 Å². The molecule has 0 radical (unpaired) electrons. The molecule has 0 bridgehead atoms. The molecular weight excluding hydrogens is 233 g/mol. The molecule has 0 aromatic heterocycles. The second-order valence-corrected chi connectivity index (χ2v) is 5.26. The Hall–Kier alpha value is -1.13. The summed E-state index contributed by atoms with van der Waals surface area (Å²) in [6.45, 7) is 2.37. The second kappa shape index (κ2) is 5.24. The first kappa shape index (κ1) is 13.3. The van der Waals surface area contributed by atoms with E-state index in [0.29, 0.717) is 17.2 Å². The van der Waals surface area contributed by atoms with E-state index in [-0.39, 0.29) is 11.9 Å². The van der Waals surface area contributed by atoms with Gasteiger partial charge in [-0.15, -0.1) is 0 Å². The third-order valence-corrected chi connectivity index (χ3v) is 3.61. The van der Waals surface area contributed by atoms with Crippen molar-refractivity contribution < 1.29 is 14.6 Å². The normalized spacial score (nSPS) is 24.5. The van der Waals surface area contributed by atoms with Gasteiger partial charge in [0.2, 0.25) is 0 Å². The van der Waals surface area contributed by atoms with Crippen LogP contribution in [-0.4, -0.2) is 29.9 Å². The van der Waals surface area contributed by atoms with Crippen LogP contribution in [-0.2, 0) is 0 Å². The molecule has 3 nitrogen and oxygen atoms in total. The van der Waals surface area contributed by atoms with Gasteiger partial charge in [0.25, 0.3) is 0 Å². The maximum atomic E-state index is 13.9. The zero-order valence-corrected chi connectivity index (χ0v) is 10.8. The van der Waals surface area contributed by atoms with Gasteiger partial charge in [-0.2, -0.15) is 0 Å². The summed E-state index contributed by atoms with van der Waals surface area (Å²) in [4.78, 5) is 1.87. The fourth-order valence-corrected chi connectivity index (χ4v) is 2.43. The number of benzene rings is 1. The highest BCUT2D eigenvalue weighted by molar-refractivity contribution is 5.48. The van der Waals surface area contributed by atoms with E-state index in [1.54, 1.807) is 19.1 Å². The number of anilines is 1. The van der Waals surface area contributed by atoms with E-state index >= 15 is 0 Å². The molecule has 1 saturated carbocycles. The molecular formula is C14H20FNO2. The highest BCUT2D eigenvalue weighted by Crippen LogP contribution is 2.30. The molecule has 1 fully saturated rings. The van der Waals surface area contributed by atoms with Gasteiger partial charge < -0.3 is 15.1 Å². The molecule has 100 valence electrons. The topological polar surface area (TPSA) is 43.7 Å². The molecule has 1 aliphatic rings. The first-order valence-corrected chi connectivity index (χ1v) is 6.34. The Morgan fingerprint density at radius 3 is 2.61 bits per heavy atom. The van der Waals surface area contributed by atoms with Gasteiger partial charge in [0.1, 0.15) is 5.82 Å². The molecule has 1 aromatic carbocycles. The lowest BCUT2D eigenvalue weighted by Gasteiger charge is -2.35. The van der Waals surface area contributed by atoms with E-state index in [9.17, 15) is 14.6 Å². The molecule has 2 rings (SSSR count). The fraction of sp³-hybridized carbons (Fsp3) is 0.571. The molecule has 0 saturated heterocycles. The van der Waals surface area contributed by atoms with Crippen molar-refractivity contribution in [3.63, 3.8) is 0 Å². The third kappa shape index (κ3) is 2.82. The van der Waals surface area contributed by atoms with Crippen LogP contribution in [0.25, 0.3) is 0 Å². The molecule has 0 heterocycles. The summed E-state index contributed by atoms with van der Waals surface area (Å²) in [7, 11) is 1.85.